The number of nitro groups is 1. The van der Waals surface area contributed by atoms with E-state index in [1.165, 1.54) is 24.3 Å². The number of hydrazone groups is 1. The molecule has 1 saturated carbocycles. The third-order valence-corrected chi connectivity index (χ3v) is 3.42. The predicted octanol–water partition coefficient (Wildman–Crippen LogP) is 2.46. The van der Waals surface area contributed by atoms with Crippen molar-refractivity contribution in [1.29, 1.82) is 0 Å². The average molecular weight is 303 g/mol. The summed E-state index contributed by atoms with van der Waals surface area (Å²) in [5.41, 5.74) is 3.10. The van der Waals surface area contributed by atoms with Gasteiger partial charge in [0.05, 0.1) is 4.92 Å². The summed E-state index contributed by atoms with van der Waals surface area (Å²) in [7, 11) is 0. The molecule has 1 N–H and O–H groups in total. The Morgan fingerprint density at radius 3 is 2.45 bits per heavy atom. The van der Waals surface area contributed by atoms with Gasteiger partial charge in [-0.25, -0.2) is 5.43 Å². The minimum absolute atomic E-state index is 0.0810. The molecule has 0 saturated heterocycles. The second-order valence-electron chi connectivity index (χ2n) is 6.16. The van der Waals surface area contributed by atoms with Crippen LogP contribution >= 0.6 is 0 Å². The van der Waals surface area contributed by atoms with Crippen molar-refractivity contribution in [3.8, 4) is 0 Å². The zero-order valence-corrected chi connectivity index (χ0v) is 12.5. The molecule has 1 aliphatic carbocycles. The van der Waals surface area contributed by atoms with E-state index < -0.39 is 10.8 Å². The zero-order chi connectivity index (χ0) is 16.3. The smallest absolute Gasteiger partial charge is 0.271 e. The summed E-state index contributed by atoms with van der Waals surface area (Å²) >= 11 is 0. The molecule has 2 rings (SSSR count). The molecule has 0 atom stereocenters. The Bertz CT molecular complexity index is 647. The maximum Gasteiger partial charge on any atom is 0.271 e. The molecule has 0 aromatic heterocycles. The van der Waals surface area contributed by atoms with E-state index in [1.807, 2.05) is 13.8 Å². The predicted molar refractivity (Wildman–Crippen MR) is 80.6 cm³/mol. The number of carbonyl (C=O) groups excluding carboxylic acids is 2. The van der Waals surface area contributed by atoms with E-state index in [0.717, 1.165) is 0 Å². The van der Waals surface area contributed by atoms with Gasteiger partial charge < -0.3 is 0 Å². The van der Waals surface area contributed by atoms with Crippen LogP contribution in [0.15, 0.2) is 29.4 Å². The highest BCUT2D eigenvalue weighted by molar-refractivity contribution is 6.05. The van der Waals surface area contributed by atoms with Gasteiger partial charge in [0.25, 0.3) is 11.6 Å². The van der Waals surface area contributed by atoms with Gasteiger partial charge in [-0.3, -0.25) is 19.7 Å². The number of carbonyl (C=O) groups is 2. The van der Waals surface area contributed by atoms with E-state index in [1.54, 1.807) is 0 Å². The molecule has 1 aromatic carbocycles. The van der Waals surface area contributed by atoms with Crippen LogP contribution in [0.25, 0.3) is 0 Å². The Hall–Kier alpha value is -2.57. The summed E-state index contributed by atoms with van der Waals surface area (Å²) in [5, 5.41) is 14.6. The van der Waals surface area contributed by atoms with Gasteiger partial charge in [-0.15, -0.1) is 0 Å². The number of hydrogen-bond acceptors (Lipinski definition) is 5. The van der Waals surface area contributed by atoms with Crippen molar-refractivity contribution < 1.29 is 14.5 Å². The summed E-state index contributed by atoms with van der Waals surface area (Å²) in [5.74, 6) is -0.349. The topological polar surface area (TPSA) is 102 Å². The summed E-state index contributed by atoms with van der Waals surface area (Å²) < 4.78 is 0. The number of ketones is 1. The van der Waals surface area contributed by atoms with Crippen LogP contribution in [0, 0.1) is 15.5 Å². The fraction of sp³-hybridized carbons (Fsp3) is 0.400. The van der Waals surface area contributed by atoms with E-state index in [4.69, 9.17) is 0 Å². The maximum absolute atomic E-state index is 11.9. The number of benzene rings is 1. The number of rotatable bonds is 3. The van der Waals surface area contributed by atoms with Gasteiger partial charge in [-0.1, -0.05) is 13.8 Å². The molecule has 7 heteroatoms. The van der Waals surface area contributed by atoms with Gasteiger partial charge in [0.1, 0.15) is 5.78 Å². The van der Waals surface area contributed by atoms with Crippen LogP contribution < -0.4 is 5.43 Å². The van der Waals surface area contributed by atoms with Crippen LogP contribution in [-0.2, 0) is 4.79 Å². The van der Waals surface area contributed by atoms with Gasteiger partial charge in [0, 0.05) is 36.2 Å². The molecule has 22 heavy (non-hydrogen) atoms. The van der Waals surface area contributed by atoms with Crippen molar-refractivity contribution in [2.24, 2.45) is 10.5 Å². The van der Waals surface area contributed by atoms with E-state index in [9.17, 15) is 19.7 Å². The monoisotopic (exact) mass is 303 g/mol. The molecular formula is C15H17N3O4. The van der Waals surface area contributed by atoms with Crippen LogP contribution in [-0.4, -0.2) is 22.3 Å². The highest BCUT2D eigenvalue weighted by Gasteiger charge is 2.30. The van der Waals surface area contributed by atoms with Crippen LogP contribution in [0.5, 0.6) is 0 Å². The van der Waals surface area contributed by atoms with Crippen molar-refractivity contribution >= 4 is 23.1 Å². The number of nitrogens with one attached hydrogen (secondary N) is 1. The first kappa shape index (κ1) is 15.8. The second kappa shape index (κ2) is 6.05. The van der Waals surface area contributed by atoms with Crippen LogP contribution in [0.3, 0.4) is 0 Å². The first-order chi connectivity index (χ1) is 10.3. The minimum atomic E-state index is -0.530. The van der Waals surface area contributed by atoms with E-state index in [0.29, 0.717) is 18.6 Å². The average Bonchev–Trinajstić information content (AvgIpc) is 2.42. The second-order valence-corrected chi connectivity index (χ2v) is 6.16. The van der Waals surface area contributed by atoms with Crippen LogP contribution in [0.2, 0.25) is 0 Å². The Morgan fingerprint density at radius 1 is 1.27 bits per heavy atom. The molecule has 0 heterocycles. The van der Waals surface area contributed by atoms with Crippen molar-refractivity contribution in [3.63, 3.8) is 0 Å². The summed E-state index contributed by atoms with van der Waals surface area (Å²) in [6.45, 7) is 3.97. The number of hydrogen-bond donors (Lipinski definition) is 1. The zero-order valence-electron chi connectivity index (χ0n) is 12.5. The molecule has 0 spiro atoms. The Morgan fingerprint density at radius 2 is 1.91 bits per heavy atom. The van der Waals surface area contributed by atoms with Crippen molar-refractivity contribution in [2.75, 3.05) is 0 Å². The summed E-state index contributed by atoms with van der Waals surface area (Å²) in [6.07, 6.45) is 1.42. The molecule has 0 unspecified atom stereocenters. The number of non-ortho nitro benzene ring substituents is 1. The lowest BCUT2D eigenvalue weighted by Crippen LogP contribution is -2.31. The Balaban J connectivity index is 2.04. The van der Waals surface area contributed by atoms with E-state index in [-0.39, 0.29) is 28.9 Å². The first-order valence-corrected chi connectivity index (χ1v) is 6.89. The van der Waals surface area contributed by atoms with Gasteiger partial charge in [0.2, 0.25) is 0 Å². The number of nitro benzene ring substituents is 1. The molecule has 1 aromatic rings. The molecule has 116 valence electrons. The summed E-state index contributed by atoms with van der Waals surface area (Å²) in [4.78, 5) is 33.6. The van der Waals surface area contributed by atoms with Crippen LogP contribution in [0.1, 0.15) is 43.5 Å². The molecule has 0 aliphatic heterocycles. The molecule has 7 nitrogen and oxygen atoms in total. The fourth-order valence-corrected chi connectivity index (χ4v) is 2.51. The molecule has 1 amide bonds. The molecular weight excluding hydrogens is 286 g/mol. The highest BCUT2D eigenvalue weighted by Crippen LogP contribution is 2.31. The third-order valence-electron chi connectivity index (χ3n) is 3.42. The molecule has 0 radical (unpaired) electrons. The van der Waals surface area contributed by atoms with E-state index >= 15 is 0 Å². The normalized spacial score (nSPS) is 19.0. The van der Waals surface area contributed by atoms with Crippen molar-refractivity contribution in [1.82, 2.24) is 5.43 Å². The number of amides is 1. The minimum Gasteiger partial charge on any atom is -0.299 e. The molecule has 1 aliphatic rings. The lowest BCUT2D eigenvalue weighted by molar-refractivity contribution is -0.384. The van der Waals surface area contributed by atoms with Crippen molar-refractivity contribution in [2.45, 2.75) is 33.1 Å². The maximum atomic E-state index is 11.9. The molecule has 1 fully saturated rings. The van der Waals surface area contributed by atoms with Crippen molar-refractivity contribution in [3.05, 3.63) is 39.9 Å². The van der Waals surface area contributed by atoms with Gasteiger partial charge in [0.15, 0.2) is 0 Å². The largest absolute Gasteiger partial charge is 0.299 e. The van der Waals surface area contributed by atoms with E-state index in [2.05, 4.69) is 10.5 Å². The van der Waals surface area contributed by atoms with Gasteiger partial charge in [-0.2, -0.15) is 5.10 Å². The SMILES string of the molecule is CC1(C)CC(=O)C/C(=N/NC(=O)c2ccc([N+](=O)[O-])cc2)C1. The molecule has 0 bridgehead atoms. The first-order valence-electron chi connectivity index (χ1n) is 6.89. The lowest BCUT2D eigenvalue weighted by Gasteiger charge is -2.28. The van der Waals surface area contributed by atoms with Gasteiger partial charge in [-0.05, 0) is 24.0 Å². The van der Waals surface area contributed by atoms with Gasteiger partial charge >= 0.3 is 0 Å². The number of nitrogens with zero attached hydrogens (tertiary/aromatic N) is 2. The Kier molecular flexibility index (Phi) is 4.35. The third kappa shape index (κ3) is 3.97. The number of Topliss-reactive ketones (excluding diaryl/α,β-unsaturated/α-hetero) is 1. The highest BCUT2D eigenvalue weighted by atomic mass is 16.6. The quantitative estimate of drug-likeness (QED) is 0.684. The standard InChI is InChI=1S/C15H17N3O4/c1-15(2)8-11(7-13(19)9-15)16-17-14(20)10-3-5-12(6-4-10)18(21)22/h3-6H,7-9H2,1-2H3,(H,17,20)/b16-11-. The summed E-state index contributed by atoms with van der Waals surface area (Å²) in [6, 6.07) is 5.25. The van der Waals surface area contributed by atoms with Crippen LogP contribution in [0.4, 0.5) is 5.69 Å². The Labute approximate surface area is 127 Å². The lowest BCUT2D eigenvalue weighted by atomic mass is 9.76. The fourth-order valence-electron chi connectivity index (χ4n) is 2.51.